The van der Waals surface area contributed by atoms with Gasteiger partial charge in [0.1, 0.15) is 5.75 Å². The van der Waals surface area contributed by atoms with E-state index in [1.807, 2.05) is 26.0 Å². The Morgan fingerprint density at radius 3 is 2.33 bits per heavy atom. The van der Waals surface area contributed by atoms with Gasteiger partial charge in [0.2, 0.25) is 5.91 Å². The molecule has 1 saturated heterocycles. The van der Waals surface area contributed by atoms with Gasteiger partial charge in [-0.2, -0.15) is 0 Å². The highest BCUT2D eigenvalue weighted by Crippen LogP contribution is 2.53. The molecule has 1 spiro atoms. The smallest absolute Gasteiger partial charge is 0.274 e. The van der Waals surface area contributed by atoms with E-state index in [1.54, 1.807) is 54.6 Å². The lowest BCUT2D eigenvalue weighted by Gasteiger charge is -2.33. The zero-order valence-electron chi connectivity index (χ0n) is 18.1. The van der Waals surface area contributed by atoms with Gasteiger partial charge in [-0.15, -0.1) is 0 Å². The maximum absolute atomic E-state index is 14.1. The third-order valence-electron chi connectivity index (χ3n) is 6.12. The minimum Gasteiger partial charge on any atom is -0.304 e. The average molecular weight is 481 g/mol. The highest BCUT2D eigenvalue weighted by Gasteiger charge is 2.69. The van der Waals surface area contributed by atoms with E-state index in [0.717, 1.165) is 16.7 Å². The molecule has 2 aliphatic rings. The molecule has 3 aromatic carbocycles. The van der Waals surface area contributed by atoms with E-state index in [-0.39, 0.29) is 6.54 Å². The Labute approximate surface area is 197 Å². The molecule has 2 aliphatic heterocycles. The Morgan fingerprint density at radius 2 is 1.64 bits per heavy atom. The molecule has 3 aromatic rings. The lowest BCUT2D eigenvalue weighted by Crippen LogP contribution is -2.54. The summed E-state index contributed by atoms with van der Waals surface area (Å²) in [5, 5.41) is 0.516. The van der Waals surface area contributed by atoms with Crippen LogP contribution in [0.15, 0.2) is 66.7 Å². The van der Waals surface area contributed by atoms with Crippen LogP contribution in [0.2, 0.25) is 5.02 Å². The van der Waals surface area contributed by atoms with Crippen molar-refractivity contribution in [1.82, 2.24) is 0 Å². The average Bonchev–Trinajstić information content (AvgIpc) is 3.10. The molecule has 5 rings (SSSR count). The molecule has 0 bridgehead atoms. The van der Waals surface area contributed by atoms with E-state index in [4.69, 9.17) is 11.6 Å². The zero-order valence-corrected chi connectivity index (χ0v) is 19.7. The van der Waals surface area contributed by atoms with Crippen LogP contribution in [0.1, 0.15) is 22.3 Å². The molecule has 8 heteroatoms. The van der Waals surface area contributed by atoms with Crippen molar-refractivity contribution in [1.29, 1.82) is 0 Å². The first-order chi connectivity index (χ1) is 15.6. The molecule has 2 amide bonds. The van der Waals surface area contributed by atoms with Gasteiger partial charge in [-0.3, -0.25) is 14.5 Å². The quantitative estimate of drug-likeness (QED) is 0.565. The molecule has 1 fully saturated rings. The first-order valence-electron chi connectivity index (χ1n) is 10.4. The SMILES string of the molecule is Cc1cc(C)cc(N2C(=O)CS(=O)(=O)[C@]23C(=O)N(Cc2cccc(Cl)c2)c2ccccc23)c1. The van der Waals surface area contributed by atoms with E-state index in [1.165, 1.54) is 9.80 Å². The summed E-state index contributed by atoms with van der Waals surface area (Å²) in [4.78, 5) is 27.8. The Morgan fingerprint density at radius 1 is 0.939 bits per heavy atom. The van der Waals surface area contributed by atoms with E-state index >= 15 is 0 Å². The minimum absolute atomic E-state index is 0.128. The molecule has 0 aliphatic carbocycles. The number of sulfone groups is 1. The van der Waals surface area contributed by atoms with Gasteiger partial charge in [0.05, 0.1) is 12.2 Å². The molecule has 168 valence electrons. The fourth-order valence-corrected chi connectivity index (χ4v) is 7.19. The van der Waals surface area contributed by atoms with Gasteiger partial charge in [-0.05, 0) is 60.9 Å². The molecule has 0 unspecified atom stereocenters. The summed E-state index contributed by atoms with van der Waals surface area (Å²) in [5.41, 5.74) is 3.64. The maximum atomic E-state index is 14.1. The summed E-state index contributed by atoms with van der Waals surface area (Å²) in [6.07, 6.45) is 0. The van der Waals surface area contributed by atoms with Crippen molar-refractivity contribution in [2.24, 2.45) is 0 Å². The highest BCUT2D eigenvalue weighted by atomic mass is 35.5. The Kier molecular flexibility index (Phi) is 4.88. The highest BCUT2D eigenvalue weighted by molar-refractivity contribution is 7.94. The van der Waals surface area contributed by atoms with Crippen LogP contribution < -0.4 is 9.80 Å². The molecule has 33 heavy (non-hydrogen) atoms. The van der Waals surface area contributed by atoms with Crippen LogP contribution in [0.5, 0.6) is 0 Å². The fourth-order valence-electron chi connectivity index (χ4n) is 4.95. The number of para-hydroxylation sites is 1. The van der Waals surface area contributed by atoms with E-state index < -0.39 is 32.3 Å². The summed E-state index contributed by atoms with van der Waals surface area (Å²) in [7, 11) is -4.20. The largest absolute Gasteiger partial charge is 0.304 e. The number of hydrogen-bond acceptors (Lipinski definition) is 4. The predicted molar refractivity (Wildman–Crippen MR) is 128 cm³/mol. The topological polar surface area (TPSA) is 74.8 Å². The molecule has 0 aromatic heterocycles. The molecule has 0 saturated carbocycles. The van der Waals surface area contributed by atoms with Gasteiger partial charge < -0.3 is 4.90 Å². The third kappa shape index (κ3) is 3.10. The standard InChI is InChI=1S/C25H21ClN2O4S/c1-16-10-17(2)12-20(11-16)28-23(29)15-33(31,32)25(28)21-8-3-4-9-22(21)27(24(25)30)14-18-6-5-7-19(26)13-18/h3-13H,14-15H2,1-2H3/t25-/m1/s1. The molecule has 0 N–H and O–H groups in total. The molecule has 2 heterocycles. The number of anilines is 2. The van der Waals surface area contributed by atoms with Crippen LogP contribution in [-0.2, 0) is 30.8 Å². The van der Waals surface area contributed by atoms with E-state index in [9.17, 15) is 18.0 Å². The summed E-state index contributed by atoms with van der Waals surface area (Å²) in [5.74, 6) is -2.01. The van der Waals surface area contributed by atoms with Crippen LogP contribution in [0.3, 0.4) is 0 Å². The number of benzene rings is 3. The summed E-state index contributed by atoms with van der Waals surface area (Å²) in [6.45, 7) is 3.87. The molecule has 1 atom stereocenters. The molecular weight excluding hydrogens is 460 g/mol. The van der Waals surface area contributed by atoms with Crippen molar-refractivity contribution < 1.29 is 18.0 Å². The van der Waals surface area contributed by atoms with Crippen molar-refractivity contribution in [3.8, 4) is 0 Å². The van der Waals surface area contributed by atoms with Crippen molar-refractivity contribution in [3.63, 3.8) is 0 Å². The van der Waals surface area contributed by atoms with Gasteiger partial charge in [0.15, 0.2) is 9.84 Å². The van der Waals surface area contributed by atoms with Gasteiger partial charge in [0.25, 0.3) is 10.8 Å². The first kappa shape index (κ1) is 21.7. The van der Waals surface area contributed by atoms with Gasteiger partial charge in [-0.25, -0.2) is 8.42 Å². The second-order valence-corrected chi connectivity index (χ2v) is 11.1. The summed E-state index contributed by atoms with van der Waals surface area (Å²) >= 11 is 6.13. The second kappa shape index (κ2) is 7.43. The lowest BCUT2D eigenvalue weighted by molar-refractivity contribution is -0.123. The molecular formula is C25H21ClN2O4S. The number of rotatable bonds is 3. The van der Waals surface area contributed by atoms with Crippen LogP contribution in [0.4, 0.5) is 11.4 Å². The number of aryl methyl sites for hydroxylation is 2. The van der Waals surface area contributed by atoms with E-state index in [0.29, 0.717) is 22.0 Å². The zero-order chi connectivity index (χ0) is 23.5. The fraction of sp³-hybridized carbons (Fsp3) is 0.200. The number of fused-ring (bicyclic) bond motifs is 2. The second-order valence-electron chi connectivity index (χ2n) is 8.52. The minimum atomic E-state index is -4.20. The van der Waals surface area contributed by atoms with Crippen LogP contribution in [0, 0.1) is 13.8 Å². The lowest BCUT2D eigenvalue weighted by atomic mass is 10.0. The van der Waals surface area contributed by atoms with Crippen LogP contribution in [-0.4, -0.2) is 26.0 Å². The van der Waals surface area contributed by atoms with Crippen molar-refractivity contribution in [3.05, 3.63) is 94.0 Å². The van der Waals surface area contributed by atoms with Gasteiger partial charge in [-0.1, -0.05) is 48.0 Å². The summed E-state index contributed by atoms with van der Waals surface area (Å²) < 4.78 is 27.3. The number of carbonyl (C=O) groups is 2. The number of hydrogen-bond donors (Lipinski definition) is 0. The number of nitrogens with zero attached hydrogens (tertiary/aromatic N) is 2. The normalized spacial score (nSPS) is 21.2. The third-order valence-corrected chi connectivity index (χ3v) is 8.46. The molecule has 0 radical (unpaired) electrons. The van der Waals surface area contributed by atoms with Crippen molar-refractivity contribution in [2.75, 3.05) is 15.6 Å². The maximum Gasteiger partial charge on any atom is 0.274 e. The monoisotopic (exact) mass is 480 g/mol. The van der Waals surface area contributed by atoms with Gasteiger partial charge in [0, 0.05) is 16.3 Å². The Balaban J connectivity index is 1.75. The molecule has 6 nitrogen and oxygen atoms in total. The first-order valence-corrected chi connectivity index (χ1v) is 12.5. The Hall–Kier alpha value is -3.16. The Bertz CT molecular complexity index is 1420. The summed E-state index contributed by atoms with van der Waals surface area (Å²) in [6, 6.07) is 19.2. The van der Waals surface area contributed by atoms with Crippen LogP contribution in [0.25, 0.3) is 0 Å². The number of amides is 2. The number of halogens is 1. The van der Waals surface area contributed by atoms with Gasteiger partial charge >= 0.3 is 0 Å². The van der Waals surface area contributed by atoms with E-state index in [2.05, 4.69) is 0 Å². The van der Waals surface area contributed by atoms with Crippen LogP contribution >= 0.6 is 11.6 Å². The number of carbonyl (C=O) groups excluding carboxylic acids is 2. The van der Waals surface area contributed by atoms with Crippen molar-refractivity contribution in [2.45, 2.75) is 25.3 Å². The van der Waals surface area contributed by atoms with Crippen molar-refractivity contribution >= 4 is 44.6 Å². The predicted octanol–water partition coefficient (Wildman–Crippen LogP) is 4.12.